The first-order valence-corrected chi connectivity index (χ1v) is 6.03. The summed E-state index contributed by atoms with van der Waals surface area (Å²) in [6.07, 6.45) is 0. The van der Waals surface area contributed by atoms with Crippen molar-refractivity contribution in [3.8, 4) is 5.75 Å². The van der Waals surface area contributed by atoms with Crippen molar-refractivity contribution < 1.29 is 19.1 Å². The Balaban J connectivity index is 3.17. The highest BCUT2D eigenvalue weighted by Crippen LogP contribution is 2.27. The highest BCUT2D eigenvalue weighted by molar-refractivity contribution is 6.42. The summed E-state index contributed by atoms with van der Waals surface area (Å²) >= 11 is 5.95. The summed E-state index contributed by atoms with van der Waals surface area (Å²) in [5, 5.41) is 0.408. The van der Waals surface area contributed by atoms with Gasteiger partial charge < -0.3 is 9.47 Å². The third kappa shape index (κ3) is 3.23. The van der Waals surface area contributed by atoms with Crippen LogP contribution >= 0.6 is 11.6 Å². The van der Waals surface area contributed by atoms with Crippen LogP contribution in [-0.4, -0.2) is 25.0 Å². The Morgan fingerprint density at radius 2 is 1.89 bits per heavy atom. The smallest absolute Gasteiger partial charge is 0.379 e. The molecule has 0 saturated heterocycles. The van der Waals surface area contributed by atoms with E-state index in [2.05, 4.69) is 4.74 Å². The molecule has 0 saturated carbocycles. The van der Waals surface area contributed by atoms with Gasteiger partial charge in [-0.3, -0.25) is 4.79 Å². The summed E-state index contributed by atoms with van der Waals surface area (Å²) < 4.78 is 10.0. The molecule has 0 aliphatic rings. The number of halogens is 1. The largest absolute Gasteiger partial charge is 0.493 e. The van der Waals surface area contributed by atoms with Crippen LogP contribution in [0.25, 0.3) is 0 Å². The van der Waals surface area contributed by atoms with Gasteiger partial charge in [0.1, 0.15) is 5.75 Å². The lowest BCUT2D eigenvalue weighted by Crippen LogP contribution is -2.18. The molecule has 0 spiro atoms. The van der Waals surface area contributed by atoms with Crippen LogP contribution < -0.4 is 4.74 Å². The summed E-state index contributed by atoms with van der Waals surface area (Å²) in [4.78, 5) is 23.3. The third-order valence-corrected chi connectivity index (χ3v) is 2.67. The van der Waals surface area contributed by atoms with Crippen molar-refractivity contribution in [1.29, 1.82) is 0 Å². The zero-order valence-electron chi connectivity index (χ0n) is 10.6. The molecule has 4 nitrogen and oxygen atoms in total. The Morgan fingerprint density at radius 1 is 1.22 bits per heavy atom. The highest BCUT2D eigenvalue weighted by Gasteiger charge is 2.22. The van der Waals surface area contributed by atoms with Gasteiger partial charge in [0, 0.05) is 5.02 Å². The molecule has 5 heteroatoms. The molecule has 0 aliphatic heterocycles. The maximum Gasteiger partial charge on any atom is 0.379 e. The third-order valence-electron chi connectivity index (χ3n) is 2.27. The van der Waals surface area contributed by atoms with Crippen molar-refractivity contribution in [3.05, 3.63) is 28.3 Å². The second kappa shape index (κ2) is 6.40. The number of Topliss-reactive ketones (excluding diaryl/α,β-unsaturated/α-hetero) is 1. The second-order valence-corrected chi connectivity index (χ2v) is 3.99. The maximum atomic E-state index is 11.9. The molecule has 0 fully saturated rings. The predicted molar refractivity (Wildman–Crippen MR) is 68.3 cm³/mol. The Morgan fingerprint density at radius 3 is 2.44 bits per heavy atom. The summed E-state index contributed by atoms with van der Waals surface area (Å²) in [6, 6.07) is 3.07. The quantitative estimate of drug-likeness (QED) is 0.469. The number of aryl methyl sites for hydroxylation is 1. The Labute approximate surface area is 111 Å². The van der Waals surface area contributed by atoms with Crippen molar-refractivity contribution in [1.82, 2.24) is 0 Å². The van der Waals surface area contributed by atoms with E-state index in [-0.39, 0.29) is 12.2 Å². The van der Waals surface area contributed by atoms with Gasteiger partial charge in [0.15, 0.2) is 0 Å². The lowest BCUT2D eigenvalue weighted by Gasteiger charge is -2.11. The molecule has 0 aliphatic carbocycles. The van der Waals surface area contributed by atoms with E-state index in [0.29, 0.717) is 17.4 Å². The van der Waals surface area contributed by atoms with E-state index >= 15 is 0 Å². The van der Waals surface area contributed by atoms with Gasteiger partial charge in [0.2, 0.25) is 0 Å². The normalized spacial score (nSPS) is 10.0. The van der Waals surface area contributed by atoms with Gasteiger partial charge in [-0.15, -0.1) is 0 Å². The van der Waals surface area contributed by atoms with Gasteiger partial charge in [-0.1, -0.05) is 11.6 Å². The van der Waals surface area contributed by atoms with Crippen molar-refractivity contribution in [2.75, 3.05) is 13.2 Å². The number of hydrogen-bond donors (Lipinski definition) is 0. The first kappa shape index (κ1) is 14.5. The van der Waals surface area contributed by atoms with E-state index in [9.17, 15) is 9.59 Å². The lowest BCUT2D eigenvalue weighted by molar-refractivity contribution is -0.137. The molecule has 18 heavy (non-hydrogen) atoms. The number of carbonyl (C=O) groups is 2. The standard InChI is InChI=1S/C13H15ClO4/c1-4-17-11-6-8(3)10(14)7-9(11)12(15)13(16)18-5-2/h6-7H,4-5H2,1-3H3. The number of ether oxygens (including phenoxy) is 2. The van der Waals surface area contributed by atoms with Crippen molar-refractivity contribution in [2.24, 2.45) is 0 Å². The van der Waals surface area contributed by atoms with Crippen LogP contribution in [0.1, 0.15) is 29.8 Å². The fraction of sp³-hybridized carbons (Fsp3) is 0.385. The molecule has 0 heterocycles. The number of carbonyl (C=O) groups excluding carboxylic acids is 2. The fourth-order valence-corrected chi connectivity index (χ4v) is 1.58. The van der Waals surface area contributed by atoms with Gasteiger partial charge in [0.05, 0.1) is 18.8 Å². The molecule has 0 bridgehead atoms. The minimum absolute atomic E-state index is 0.130. The second-order valence-electron chi connectivity index (χ2n) is 3.58. The monoisotopic (exact) mass is 270 g/mol. The lowest BCUT2D eigenvalue weighted by atomic mass is 10.1. The number of benzene rings is 1. The molecule has 98 valence electrons. The van der Waals surface area contributed by atoms with Crippen molar-refractivity contribution in [3.63, 3.8) is 0 Å². The summed E-state index contributed by atoms with van der Waals surface area (Å²) in [5.41, 5.74) is 0.909. The zero-order valence-corrected chi connectivity index (χ0v) is 11.3. The minimum Gasteiger partial charge on any atom is -0.493 e. The molecule has 1 rings (SSSR count). The molecule has 1 aromatic carbocycles. The predicted octanol–water partition coefficient (Wildman–Crippen LogP) is 2.79. The van der Waals surface area contributed by atoms with Crippen LogP contribution in [0.15, 0.2) is 12.1 Å². The minimum atomic E-state index is -0.904. The molecule has 0 radical (unpaired) electrons. The van der Waals surface area contributed by atoms with Crippen LogP contribution in [0, 0.1) is 6.92 Å². The number of esters is 1. The average molecular weight is 271 g/mol. The van der Waals surface area contributed by atoms with E-state index in [1.807, 2.05) is 0 Å². The van der Waals surface area contributed by atoms with Crippen molar-refractivity contribution >= 4 is 23.4 Å². The van der Waals surface area contributed by atoms with Gasteiger partial charge in [-0.25, -0.2) is 4.79 Å². The van der Waals surface area contributed by atoms with Crippen LogP contribution in [-0.2, 0) is 9.53 Å². The highest BCUT2D eigenvalue weighted by atomic mass is 35.5. The van der Waals surface area contributed by atoms with Crippen molar-refractivity contribution in [2.45, 2.75) is 20.8 Å². The van der Waals surface area contributed by atoms with Crippen LogP contribution in [0.4, 0.5) is 0 Å². The molecule has 0 amide bonds. The molecule has 0 unspecified atom stereocenters. The van der Waals surface area contributed by atoms with Crippen LogP contribution in [0.5, 0.6) is 5.75 Å². The molecule has 1 aromatic rings. The fourth-order valence-electron chi connectivity index (χ4n) is 1.41. The first-order valence-electron chi connectivity index (χ1n) is 5.65. The maximum absolute atomic E-state index is 11.9. The molecular formula is C13H15ClO4. The Kier molecular flexibility index (Phi) is 5.16. The first-order chi connectivity index (χ1) is 8.51. The van der Waals surface area contributed by atoms with E-state index in [0.717, 1.165) is 5.56 Å². The van der Waals surface area contributed by atoms with Gasteiger partial charge >= 0.3 is 5.97 Å². The Bertz CT molecular complexity index is 468. The molecule has 0 N–H and O–H groups in total. The SMILES string of the molecule is CCOC(=O)C(=O)c1cc(Cl)c(C)cc1OCC. The van der Waals surface area contributed by atoms with E-state index in [4.69, 9.17) is 16.3 Å². The summed E-state index contributed by atoms with van der Waals surface area (Å²) in [6.45, 7) is 5.76. The number of hydrogen-bond acceptors (Lipinski definition) is 4. The van der Waals surface area contributed by atoms with Crippen LogP contribution in [0.3, 0.4) is 0 Å². The van der Waals surface area contributed by atoms with Gasteiger partial charge in [0.25, 0.3) is 5.78 Å². The summed E-state index contributed by atoms with van der Waals surface area (Å²) in [5.74, 6) is -1.31. The molecule has 0 aromatic heterocycles. The van der Waals surface area contributed by atoms with Gasteiger partial charge in [-0.2, -0.15) is 0 Å². The molecular weight excluding hydrogens is 256 g/mol. The summed E-state index contributed by atoms with van der Waals surface area (Å²) in [7, 11) is 0. The number of ketones is 1. The van der Waals surface area contributed by atoms with E-state index < -0.39 is 11.8 Å². The zero-order chi connectivity index (χ0) is 13.7. The number of rotatable bonds is 5. The topological polar surface area (TPSA) is 52.6 Å². The average Bonchev–Trinajstić information content (AvgIpc) is 2.33. The Hall–Kier alpha value is -1.55. The van der Waals surface area contributed by atoms with Crippen LogP contribution in [0.2, 0.25) is 5.02 Å². The van der Waals surface area contributed by atoms with E-state index in [1.54, 1.807) is 26.8 Å². The molecule has 0 atom stereocenters. The van der Waals surface area contributed by atoms with E-state index in [1.165, 1.54) is 6.07 Å². The van der Waals surface area contributed by atoms with Gasteiger partial charge in [-0.05, 0) is 38.5 Å².